The van der Waals surface area contributed by atoms with Crippen molar-refractivity contribution >= 4 is 16.8 Å². The first kappa shape index (κ1) is 22.9. The van der Waals surface area contributed by atoms with Gasteiger partial charge in [0.05, 0.1) is 12.1 Å². The number of hydrogen-bond acceptors (Lipinski definition) is 4. The fraction of sp³-hybridized carbons (Fsp3) is 0.304. The van der Waals surface area contributed by atoms with Crippen LogP contribution in [0.15, 0.2) is 53.5 Å². The van der Waals surface area contributed by atoms with E-state index in [1.54, 1.807) is 16.7 Å². The smallest absolute Gasteiger partial charge is 0.365 e. The summed E-state index contributed by atoms with van der Waals surface area (Å²) in [4.78, 5) is 28.2. The molecule has 2 aromatic carbocycles. The van der Waals surface area contributed by atoms with Crippen LogP contribution in [0.2, 0.25) is 0 Å². The van der Waals surface area contributed by atoms with E-state index in [9.17, 15) is 27.2 Å². The third kappa shape index (κ3) is 5.23. The maximum absolute atomic E-state index is 13.4. The maximum Gasteiger partial charge on any atom is 0.401 e. The molecule has 2 heterocycles. The van der Waals surface area contributed by atoms with Gasteiger partial charge in [0, 0.05) is 50.0 Å². The van der Waals surface area contributed by atoms with Gasteiger partial charge in [0.15, 0.2) is 0 Å². The Morgan fingerprint density at radius 2 is 1.61 bits per heavy atom. The number of primary amides is 1. The summed E-state index contributed by atoms with van der Waals surface area (Å²) in [5.74, 6) is -1.29. The van der Waals surface area contributed by atoms with E-state index >= 15 is 0 Å². The molecule has 0 radical (unpaired) electrons. The quantitative estimate of drug-likeness (QED) is 0.592. The van der Waals surface area contributed by atoms with Crippen LogP contribution in [0.3, 0.4) is 0 Å². The van der Waals surface area contributed by atoms with Crippen LogP contribution in [0.5, 0.6) is 0 Å². The van der Waals surface area contributed by atoms with E-state index in [0.29, 0.717) is 43.9 Å². The molecule has 1 saturated heterocycles. The van der Waals surface area contributed by atoms with Crippen molar-refractivity contribution < 1.29 is 22.4 Å². The second kappa shape index (κ2) is 8.95. The molecule has 10 heteroatoms. The van der Waals surface area contributed by atoms with Crippen molar-refractivity contribution in [1.82, 2.24) is 14.4 Å². The number of hydrogen-bond donors (Lipinski definition) is 1. The lowest BCUT2D eigenvalue weighted by Crippen LogP contribution is -2.48. The van der Waals surface area contributed by atoms with E-state index < -0.39 is 29.9 Å². The molecule has 0 unspecified atom stereocenters. The molecular weight excluding hydrogens is 440 g/mol. The molecule has 1 aliphatic heterocycles. The summed E-state index contributed by atoms with van der Waals surface area (Å²) in [7, 11) is 0. The average Bonchev–Trinajstić information content (AvgIpc) is 2.75. The van der Waals surface area contributed by atoms with Gasteiger partial charge in [0.25, 0.3) is 5.91 Å². The van der Waals surface area contributed by atoms with Crippen molar-refractivity contribution in [3.63, 3.8) is 0 Å². The van der Waals surface area contributed by atoms with E-state index in [1.807, 2.05) is 11.0 Å². The van der Waals surface area contributed by atoms with Crippen molar-refractivity contribution in [3.05, 3.63) is 75.8 Å². The van der Waals surface area contributed by atoms with Crippen molar-refractivity contribution in [2.24, 2.45) is 5.73 Å². The molecule has 3 aromatic rings. The third-order valence-corrected chi connectivity index (χ3v) is 5.71. The number of alkyl halides is 3. The Kier molecular flexibility index (Phi) is 6.22. The summed E-state index contributed by atoms with van der Waals surface area (Å²) >= 11 is 0. The monoisotopic (exact) mass is 462 g/mol. The molecule has 0 spiro atoms. The van der Waals surface area contributed by atoms with E-state index in [-0.39, 0.29) is 10.9 Å². The second-order valence-electron chi connectivity index (χ2n) is 8.10. The minimum absolute atomic E-state index is 0.190. The predicted octanol–water partition coefficient (Wildman–Crippen LogP) is 2.91. The number of nitrogens with two attached hydrogens (primary N) is 1. The number of aromatic nitrogens is 1. The Bertz CT molecular complexity index is 1230. The number of carbonyl (C=O) groups excluding carboxylic acids is 1. The first-order valence-electron chi connectivity index (χ1n) is 10.4. The molecule has 33 heavy (non-hydrogen) atoms. The van der Waals surface area contributed by atoms with E-state index in [1.165, 1.54) is 35.4 Å². The van der Waals surface area contributed by atoms with Gasteiger partial charge in [0.1, 0.15) is 11.4 Å². The lowest BCUT2D eigenvalue weighted by atomic mass is 10.1. The van der Waals surface area contributed by atoms with Crippen LogP contribution in [0, 0.1) is 5.82 Å². The van der Waals surface area contributed by atoms with Crippen LogP contribution in [0.4, 0.5) is 17.6 Å². The van der Waals surface area contributed by atoms with Gasteiger partial charge < -0.3 is 10.3 Å². The van der Waals surface area contributed by atoms with Crippen LogP contribution >= 0.6 is 0 Å². The lowest BCUT2D eigenvalue weighted by molar-refractivity contribution is -0.149. The summed E-state index contributed by atoms with van der Waals surface area (Å²) in [5.41, 5.74) is 6.58. The largest absolute Gasteiger partial charge is 0.401 e. The number of nitrogens with zero attached hydrogens (tertiary/aromatic N) is 3. The highest BCUT2D eigenvalue weighted by Crippen LogP contribution is 2.22. The first-order valence-corrected chi connectivity index (χ1v) is 10.4. The number of amides is 1. The molecule has 0 aliphatic carbocycles. The molecule has 0 atom stereocenters. The standard InChI is InChI=1S/C23H22F4N4O2/c24-16-2-4-17(5-3-16)31-13-19(22(28)33)21(32)18-11-15(1-6-20(18)31)12-29-7-9-30(10-8-29)14-23(25,26)27/h1-6,11,13H,7-10,12,14H2,(H2,28,33). The Labute approximate surface area is 186 Å². The molecule has 1 aliphatic rings. The number of pyridine rings is 1. The van der Waals surface area contributed by atoms with Crippen molar-refractivity contribution in [1.29, 1.82) is 0 Å². The highest BCUT2D eigenvalue weighted by molar-refractivity contribution is 5.96. The highest BCUT2D eigenvalue weighted by Gasteiger charge is 2.32. The number of benzene rings is 2. The number of piperazine rings is 1. The molecule has 0 bridgehead atoms. The van der Waals surface area contributed by atoms with Crippen LogP contribution in [0.25, 0.3) is 16.6 Å². The summed E-state index contributed by atoms with van der Waals surface area (Å²) in [5, 5.41) is 0.281. The van der Waals surface area contributed by atoms with E-state index in [0.717, 1.165) is 5.56 Å². The minimum atomic E-state index is -4.22. The average molecular weight is 462 g/mol. The molecule has 1 fully saturated rings. The Balaban J connectivity index is 1.63. The number of halogens is 4. The SMILES string of the molecule is NC(=O)c1cn(-c2ccc(F)cc2)c2ccc(CN3CCN(CC(F)(F)F)CC3)cc2c1=O. The van der Waals surface area contributed by atoms with Gasteiger partial charge >= 0.3 is 6.18 Å². The highest BCUT2D eigenvalue weighted by atomic mass is 19.4. The van der Waals surface area contributed by atoms with Crippen molar-refractivity contribution in [3.8, 4) is 5.69 Å². The molecule has 4 rings (SSSR count). The minimum Gasteiger partial charge on any atom is -0.365 e. The van der Waals surface area contributed by atoms with Gasteiger partial charge in [-0.05, 0) is 42.0 Å². The zero-order valence-electron chi connectivity index (χ0n) is 17.6. The molecule has 6 nitrogen and oxygen atoms in total. The van der Waals surface area contributed by atoms with Gasteiger partial charge in [-0.3, -0.25) is 19.4 Å². The van der Waals surface area contributed by atoms with E-state index in [4.69, 9.17) is 5.73 Å². The molecule has 1 aromatic heterocycles. The zero-order valence-corrected chi connectivity index (χ0v) is 17.6. The normalized spacial score (nSPS) is 15.8. The van der Waals surface area contributed by atoms with Crippen molar-refractivity contribution in [2.45, 2.75) is 12.7 Å². The zero-order chi connectivity index (χ0) is 23.8. The Hall–Kier alpha value is -3.24. The van der Waals surface area contributed by atoms with Gasteiger partial charge in [-0.25, -0.2) is 4.39 Å². The Morgan fingerprint density at radius 3 is 2.21 bits per heavy atom. The lowest BCUT2D eigenvalue weighted by Gasteiger charge is -2.35. The topological polar surface area (TPSA) is 71.6 Å². The number of carbonyl (C=O) groups is 1. The van der Waals surface area contributed by atoms with Gasteiger partial charge in [-0.2, -0.15) is 13.2 Å². The van der Waals surface area contributed by atoms with Gasteiger partial charge in [0.2, 0.25) is 5.43 Å². The molecule has 174 valence electrons. The summed E-state index contributed by atoms with van der Waals surface area (Å²) in [6.07, 6.45) is -2.87. The fourth-order valence-electron chi connectivity index (χ4n) is 4.08. The van der Waals surface area contributed by atoms with Crippen LogP contribution in [-0.4, -0.2) is 59.2 Å². The van der Waals surface area contributed by atoms with E-state index in [2.05, 4.69) is 0 Å². The predicted molar refractivity (Wildman–Crippen MR) is 116 cm³/mol. The van der Waals surface area contributed by atoms with Crippen LogP contribution < -0.4 is 11.2 Å². The summed E-state index contributed by atoms with van der Waals surface area (Å²) in [6, 6.07) is 10.8. The molecule has 1 amide bonds. The molecule has 2 N–H and O–H groups in total. The molecule has 0 saturated carbocycles. The summed E-state index contributed by atoms with van der Waals surface area (Å²) in [6.45, 7) is 1.07. The fourth-order valence-corrected chi connectivity index (χ4v) is 4.08. The van der Waals surface area contributed by atoms with Crippen LogP contribution in [0.1, 0.15) is 15.9 Å². The summed E-state index contributed by atoms with van der Waals surface area (Å²) < 4.78 is 52.8. The second-order valence-corrected chi connectivity index (χ2v) is 8.10. The number of rotatable bonds is 5. The first-order chi connectivity index (χ1) is 15.6. The maximum atomic E-state index is 13.4. The molecular formula is C23H22F4N4O2. The van der Waals surface area contributed by atoms with Crippen molar-refractivity contribution in [2.75, 3.05) is 32.7 Å². The number of fused-ring (bicyclic) bond motifs is 1. The Morgan fingerprint density at radius 1 is 0.970 bits per heavy atom. The third-order valence-electron chi connectivity index (χ3n) is 5.71. The van der Waals surface area contributed by atoms with Gasteiger partial charge in [-0.1, -0.05) is 6.07 Å². The van der Waals surface area contributed by atoms with Gasteiger partial charge in [-0.15, -0.1) is 0 Å². The van der Waals surface area contributed by atoms with Crippen LogP contribution in [-0.2, 0) is 6.54 Å².